The van der Waals surface area contributed by atoms with Crippen LogP contribution < -0.4 is 21.4 Å². The van der Waals surface area contributed by atoms with Crippen LogP contribution >= 0.6 is 0 Å². The molecule has 2 aromatic rings. The van der Waals surface area contributed by atoms with Crippen molar-refractivity contribution in [3.63, 3.8) is 0 Å². The summed E-state index contributed by atoms with van der Waals surface area (Å²) in [4.78, 5) is 11.2. The number of hydrogen-bond donors (Lipinski definition) is 3. The zero-order chi connectivity index (χ0) is 15.4. The third kappa shape index (κ3) is 3.27. The van der Waals surface area contributed by atoms with Crippen LogP contribution in [-0.4, -0.2) is 10.6 Å². The number of nitrogens with zero attached hydrogens (tertiary/aromatic N) is 1. The molecule has 7 heteroatoms. The Morgan fingerprint density at radius 2 is 2.19 bits per heavy atom. The van der Waals surface area contributed by atoms with E-state index < -0.39 is 11.7 Å². The number of anilines is 1. The standard InChI is InChI=1S/C14H13FN4O2/c1-2-13(20)18-9-6-7-10(15)11(8-9)21-14-5-3-4-12(16)19(14)17/h2-8,16H,1,17H2,(H,18,20). The highest BCUT2D eigenvalue weighted by atomic mass is 19.1. The van der Waals surface area contributed by atoms with E-state index in [2.05, 4.69) is 11.9 Å². The van der Waals surface area contributed by atoms with Crippen molar-refractivity contribution < 1.29 is 13.9 Å². The number of rotatable bonds is 4. The van der Waals surface area contributed by atoms with Crippen LogP contribution in [0.1, 0.15) is 0 Å². The molecule has 0 saturated heterocycles. The first-order valence-corrected chi connectivity index (χ1v) is 5.94. The summed E-state index contributed by atoms with van der Waals surface area (Å²) in [6.45, 7) is 3.33. The lowest BCUT2D eigenvalue weighted by Crippen LogP contribution is -2.27. The Balaban J connectivity index is 2.33. The second-order valence-corrected chi connectivity index (χ2v) is 4.06. The summed E-state index contributed by atoms with van der Waals surface area (Å²) in [5.41, 5.74) is 0.353. The SMILES string of the molecule is C=CC(=O)Nc1ccc(F)c(Oc2cccc(=N)n2N)c1. The molecule has 2 rings (SSSR count). The quantitative estimate of drug-likeness (QED) is 0.591. The van der Waals surface area contributed by atoms with E-state index in [9.17, 15) is 9.18 Å². The van der Waals surface area contributed by atoms with Crippen molar-refractivity contribution in [1.29, 1.82) is 5.41 Å². The van der Waals surface area contributed by atoms with Crippen LogP contribution in [0.15, 0.2) is 49.1 Å². The Hall–Kier alpha value is -3.09. The normalized spacial score (nSPS) is 9.95. The molecule has 0 aliphatic heterocycles. The molecule has 1 aromatic carbocycles. The molecule has 1 amide bonds. The molecule has 1 aromatic heterocycles. The molecule has 0 radical (unpaired) electrons. The summed E-state index contributed by atoms with van der Waals surface area (Å²) < 4.78 is 20.1. The number of carbonyl (C=O) groups is 1. The number of hydrogen-bond acceptors (Lipinski definition) is 4. The number of carbonyl (C=O) groups excluding carboxylic acids is 1. The fourth-order valence-corrected chi connectivity index (χ4v) is 1.55. The lowest BCUT2D eigenvalue weighted by molar-refractivity contribution is -0.111. The highest BCUT2D eigenvalue weighted by Crippen LogP contribution is 2.26. The van der Waals surface area contributed by atoms with E-state index in [-0.39, 0.29) is 17.1 Å². The second kappa shape index (κ2) is 5.91. The molecular weight excluding hydrogens is 275 g/mol. The molecule has 0 spiro atoms. The van der Waals surface area contributed by atoms with Crippen LogP contribution in [0, 0.1) is 11.2 Å². The van der Waals surface area contributed by atoms with Crippen molar-refractivity contribution >= 4 is 11.6 Å². The van der Waals surface area contributed by atoms with Crippen LogP contribution in [-0.2, 0) is 4.79 Å². The zero-order valence-corrected chi connectivity index (χ0v) is 11.0. The number of halogens is 1. The smallest absolute Gasteiger partial charge is 0.247 e. The Labute approximate surface area is 119 Å². The van der Waals surface area contributed by atoms with E-state index in [4.69, 9.17) is 16.0 Å². The summed E-state index contributed by atoms with van der Waals surface area (Å²) in [5, 5.41) is 10.0. The van der Waals surface area contributed by atoms with Gasteiger partial charge in [0.2, 0.25) is 11.8 Å². The summed E-state index contributed by atoms with van der Waals surface area (Å²) in [7, 11) is 0. The van der Waals surface area contributed by atoms with Gasteiger partial charge in [-0.3, -0.25) is 10.2 Å². The molecule has 0 aliphatic rings. The topological polar surface area (TPSA) is 93.1 Å². The number of ether oxygens (including phenoxy) is 1. The lowest BCUT2D eigenvalue weighted by Gasteiger charge is -2.12. The van der Waals surface area contributed by atoms with Crippen LogP contribution in [0.4, 0.5) is 10.1 Å². The minimum absolute atomic E-state index is 0.00372. The molecule has 0 aliphatic carbocycles. The number of aromatic nitrogens is 1. The first-order chi connectivity index (χ1) is 10.0. The summed E-state index contributed by atoms with van der Waals surface area (Å²) in [6.07, 6.45) is 1.10. The lowest BCUT2D eigenvalue weighted by atomic mass is 10.3. The summed E-state index contributed by atoms with van der Waals surface area (Å²) in [5.74, 6) is 4.54. The van der Waals surface area contributed by atoms with Crippen molar-refractivity contribution in [2.45, 2.75) is 0 Å². The van der Waals surface area contributed by atoms with Gasteiger partial charge in [0.15, 0.2) is 11.6 Å². The monoisotopic (exact) mass is 288 g/mol. The third-order valence-electron chi connectivity index (χ3n) is 2.59. The van der Waals surface area contributed by atoms with Crippen LogP contribution in [0.3, 0.4) is 0 Å². The minimum atomic E-state index is -0.623. The molecule has 0 bridgehead atoms. The van der Waals surface area contributed by atoms with Crippen LogP contribution in [0.2, 0.25) is 0 Å². The maximum absolute atomic E-state index is 13.8. The molecule has 6 nitrogen and oxygen atoms in total. The zero-order valence-electron chi connectivity index (χ0n) is 11.0. The highest BCUT2D eigenvalue weighted by molar-refractivity contribution is 5.98. The molecule has 1 heterocycles. The van der Waals surface area contributed by atoms with E-state index >= 15 is 0 Å². The van der Waals surface area contributed by atoms with Gasteiger partial charge in [0, 0.05) is 17.8 Å². The van der Waals surface area contributed by atoms with Crippen LogP contribution in [0.25, 0.3) is 0 Å². The molecule has 0 atom stereocenters. The number of nitrogens with two attached hydrogens (primary N) is 1. The molecule has 4 N–H and O–H groups in total. The number of amides is 1. The largest absolute Gasteiger partial charge is 0.436 e. The molecule has 108 valence electrons. The average Bonchev–Trinajstić information content (AvgIpc) is 2.47. The van der Waals surface area contributed by atoms with E-state index in [0.717, 1.165) is 16.8 Å². The second-order valence-electron chi connectivity index (χ2n) is 4.06. The van der Waals surface area contributed by atoms with Gasteiger partial charge in [0.1, 0.15) is 5.49 Å². The van der Waals surface area contributed by atoms with Gasteiger partial charge in [-0.1, -0.05) is 12.6 Å². The average molecular weight is 288 g/mol. The maximum atomic E-state index is 13.8. The number of benzene rings is 1. The molecular formula is C14H13FN4O2. The van der Waals surface area contributed by atoms with Crippen molar-refractivity contribution in [1.82, 2.24) is 4.68 Å². The van der Waals surface area contributed by atoms with Gasteiger partial charge in [-0.2, -0.15) is 0 Å². The Kier molecular flexibility index (Phi) is 4.03. The Bertz CT molecular complexity index is 755. The van der Waals surface area contributed by atoms with E-state index in [0.29, 0.717) is 5.69 Å². The van der Waals surface area contributed by atoms with Crippen molar-refractivity contribution in [3.05, 3.63) is 60.4 Å². The maximum Gasteiger partial charge on any atom is 0.247 e. The molecule has 0 fully saturated rings. The fourth-order valence-electron chi connectivity index (χ4n) is 1.55. The van der Waals surface area contributed by atoms with Crippen molar-refractivity contribution in [2.24, 2.45) is 0 Å². The number of pyridine rings is 1. The van der Waals surface area contributed by atoms with E-state index in [1.54, 1.807) is 6.07 Å². The fraction of sp³-hybridized carbons (Fsp3) is 0. The summed E-state index contributed by atoms with van der Waals surface area (Å²) in [6, 6.07) is 8.37. The van der Waals surface area contributed by atoms with Crippen LogP contribution in [0.5, 0.6) is 11.6 Å². The third-order valence-corrected chi connectivity index (χ3v) is 2.59. The van der Waals surface area contributed by atoms with Gasteiger partial charge in [-0.15, -0.1) is 0 Å². The Morgan fingerprint density at radius 3 is 2.90 bits per heavy atom. The van der Waals surface area contributed by atoms with E-state index in [1.807, 2.05) is 0 Å². The predicted molar refractivity (Wildman–Crippen MR) is 75.7 cm³/mol. The van der Waals surface area contributed by atoms with Crippen molar-refractivity contribution in [3.8, 4) is 11.6 Å². The number of nitrogens with one attached hydrogen (secondary N) is 2. The van der Waals surface area contributed by atoms with Gasteiger partial charge in [-0.05, 0) is 24.3 Å². The highest BCUT2D eigenvalue weighted by Gasteiger charge is 2.09. The van der Waals surface area contributed by atoms with E-state index in [1.165, 1.54) is 24.3 Å². The molecule has 0 unspecified atom stereocenters. The number of nitrogen functional groups attached to an aromatic ring is 1. The predicted octanol–water partition coefficient (Wildman–Crippen LogP) is 1.74. The van der Waals surface area contributed by atoms with Gasteiger partial charge < -0.3 is 15.9 Å². The van der Waals surface area contributed by atoms with Gasteiger partial charge >= 0.3 is 0 Å². The summed E-state index contributed by atoms with van der Waals surface area (Å²) >= 11 is 0. The first-order valence-electron chi connectivity index (χ1n) is 5.94. The molecule has 21 heavy (non-hydrogen) atoms. The van der Waals surface area contributed by atoms with Gasteiger partial charge in [-0.25, -0.2) is 9.07 Å². The van der Waals surface area contributed by atoms with Gasteiger partial charge in [0.05, 0.1) is 0 Å². The molecule has 0 saturated carbocycles. The Morgan fingerprint density at radius 1 is 1.43 bits per heavy atom. The minimum Gasteiger partial charge on any atom is -0.436 e. The first kappa shape index (κ1) is 14.3. The van der Waals surface area contributed by atoms with Gasteiger partial charge in [0.25, 0.3) is 0 Å². The van der Waals surface area contributed by atoms with Crippen molar-refractivity contribution in [2.75, 3.05) is 11.2 Å².